The van der Waals surface area contributed by atoms with Crippen LogP contribution in [0.5, 0.6) is 0 Å². The predicted octanol–water partition coefficient (Wildman–Crippen LogP) is 4.91. The van der Waals surface area contributed by atoms with Crippen LogP contribution in [0, 0.1) is 6.92 Å². The molecule has 1 N–H and O–H groups in total. The lowest BCUT2D eigenvalue weighted by Gasteiger charge is -2.08. The largest absolute Gasteiger partial charge is 0.381 e. The van der Waals surface area contributed by atoms with Gasteiger partial charge in [0.05, 0.1) is 10.0 Å². The summed E-state index contributed by atoms with van der Waals surface area (Å²) in [6, 6.07) is 13.9. The van der Waals surface area contributed by atoms with Gasteiger partial charge < -0.3 is 5.32 Å². The van der Waals surface area contributed by atoms with E-state index in [9.17, 15) is 0 Å². The molecular weight excluding hydrogens is 253 g/mol. The van der Waals surface area contributed by atoms with Crippen LogP contribution in [0.3, 0.4) is 0 Å². The van der Waals surface area contributed by atoms with E-state index in [-0.39, 0.29) is 0 Å². The van der Waals surface area contributed by atoms with E-state index < -0.39 is 0 Å². The van der Waals surface area contributed by atoms with Gasteiger partial charge in [-0.15, -0.1) is 0 Å². The molecule has 0 heterocycles. The summed E-state index contributed by atoms with van der Waals surface area (Å²) in [6.45, 7) is 2.86. The van der Waals surface area contributed by atoms with Crippen molar-refractivity contribution in [2.75, 3.05) is 5.32 Å². The summed E-state index contributed by atoms with van der Waals surface area (Å²) in [6.07, 6.45) is 0. The molecule has 0 radical (unpaired) electrons. The Balaban J connectivity index is 2.05. The quantitative estimate of drug-likeness (QED) is 0.831. The van der Waals surface area contributed by atoms with Crippen molar-refractivity contribution in [3.63, 3.8) is 0 Å². The minimum atomic E-state index is 0.570. The zero-order chi connectivity index (χ0) is 12.3. The fourth-order valence-electron chi connectivity index (χ4n) is 1.63. The summed E-state index contributed by atoms with van der Waals surface area (Å²) in [4.78, 5) is 0. The number of hydrogen-bond donors (Lipinski definition) is 1. The summed E-state index contributed by atoms with van der Waals surface area (Å²) in [5.41, 5.74) is 3.48. The molecule has 0 aliphatic heterocycles. The Morgan fingerprint density at radius 3 is 2.53 bits per heavy atom. The number of hydrogen-bond acceptors (Lipinski definition) is 1. The van der Waals surface area contributed by atoms with Gasteiger partial charge in [-0.25, -0.2) is 0 Å². The smallest absolute Gasteiger partial charge is 0.0612 e. The second-order valence-corrected chi connectivity index (χ2v) is 4.79. The van der Waals surface area contributed by atoms with Crippen molar-refractivity contribution in [3.8, 4) is 0 Å². The molecule has 2 aromatic carbocycles. The van der Waals surface area contributed by atoms with Gasteiger partial charge in [0.2, 0.25) is 0 Å². The number of aryl methyl sites for hydroxylation is 1. The molecule has 0 aliphatic carbocycles. The molecule has 0 aliphatic rings. The zero-order valence-electron chi connectivity index (χ0n) is 9.50. The average Bonchev–Trinajstić information content (AvgIpc) is 2.31. The molecule has 0 saturated carbocycles. The van der Waals surface area contributed by atoms with Crippen LogP contribution < -0.4 is 5.32 Å². The van der Waals surface area contributed by atoms with E-state index in [0.29, 0.717) is 10.0 Å². The monoisotopic (exact) mass is 265 g/mol. The molecule has 0 spiro atoms. The molecule has 0 saturated heterocycles. The van der Waals surface area contributed by atoms with Crippen molar-refractivity contribution in [1.29, 1.82) is 0 Å². The fraction of sp³-hybridized carbons (Fsp3) is 0.143. The molecule has 0 atom stereocenters. The molecule has 0 aromatic heterocycles. The lowest BCUT2D eigenvalue weighted by atomic mass is 10.1. The highest BCUT2D eigenvalue weighted by Gasteiger charge is 1.99. The minimum Gasteiger partial charge on any atom is -0.381 e. The summed E-state index contributed by atoms with van der Waals surface area (Å²) in [5.74, 6) is 0. The number of halogens is 2. The fourth-order valence-corrected chi connectivity index (χ4v) is 1.93. The van der Waals surface area contributed by atoms with Crippen molar-refractivity contribution in [1.82, 2.24) is 0 Å². The number of nitrogens with one attached hydrogen (secondary N) is 1. The Bertz CT molecular complexity index is 523. The molecule has 0 amide bonds. The summed E-state index contributed by atoms with van der Waals surface area (Å²) < 4.78 is 0. The van der Waals surface area contributed by atoms with E-state index >= 15 is 0 Å². The Hall–Kier alpha value is -1.18. The summed E-state index contributed by atoms with van der Waals surface area (Å²) in [5, 5.41) is 4.46. The number of anilines is 1. The van der Waals surface area contributed by atoms with Gasteiger partial charge in [-0.1, -0.05) is 53.0 Å². The molecule has 17 heavy (non-hydrogen) atoms. The predicted molar refractivity (Wildman–Crippen MR) is 75.0 cm³/mol. The highest BCUT2D eigenvalue weighted by Crippen LogP contribution is 2.25. The lowest BCUT2D eigenvalue weighted by molar-refractivity contribution is 1.14. The molecule has 0 bridgehead atoms. The number of benzene rings is 2. The summed E-state index contributed by atoms with van der Waals surface area (Å²) in [7, 11) is 0. The lowest BCUT2D eigenvalue weighted by Crippen LogP contribution is -1.99. The van der Waals surface area contributed by atoms with Crippen molar-refractivity contribution in [2.24, 2.45) is 0 Å². The molecule has 88 valence electrons. The standard InChI is InChI=1S/C14H13Cl2N/c1-10-3-2-4-11(7-10)9-17-12-5-6-13(15)14(16)8-12/h2-8,17H,9H2,1H3. The van der Waals surface area contributed by atoms with Gasteiger partial charge in [0, 0.05) is 12.2 Å². The van der Waals surface area contributed by atoms with Crippen molar-refractivity contribution >= 4 is 28.9 Å². The van der Waals surface area contributed by atoms with Gasteiger partial charge in [0.1, 0.15) is 0 Å². The highest BCUT2D eigenvalue weighted by atomic mass is 35.5. The van der Waals surface area contributed by atoms with Gasteiger partial charge in [0.25, 0.3) is 0 Å². The molecule has 2 rings (SSSR count). The maximum absolute atomic E-state index is 5.95. The first kappa shape index (κ1) is 12.3. The molecule has 3 heteroatoms. The van der Waals surface area contributed by atoms with Crippen molar-refractivity contribution in [2.45, 2.75) is 13.5 Å². The molecule has 0 unspecified atom stereocenters. The SMILES string of the molecule is Cc1cccc(CNc2ccc(Cl)c(Cl)c2)c1. The van der Waals surface area contributed by atoms with E-state index in [1.165, 1.54) is 11.1 Å². The van der Waals surface area contributed by atoms with Crippen molar-refractivity contribution in [3.05, 3.63) is 63.6 Å². The average molecular weight is 266 g/mol. The third kappa shape index (κ3) is 3.39. The van der Waals surface area contributed by atoms with E-state index in [2.05, 4.69) is 36.5 Å². The van der Waals surface area contributed by atoms with Gasteiger partial charge in [-0.3, -0.25) is 0 Å². The molecule has 1 nitrogen and oxygen atoms in total. The van der Waals surface area contributed by atoms with Crippen LogP contribution in [0.1, 0.15) is 11.1 Å². The van der Waals surface area contributed by atoms with Crippen LogP contribution in [-0.4, -0.2) is 0 Å². The third-order valence-electron chi connectivity index (χ3n) is 2.50. The van der Waals surface area contributed by atoms with Crippen LogP contribution in [-0.2, 0) is 6.54 Å². The van der Waals surface area contributed by atoms with E-state index in [0.717, 1.165) is 12.2 Å². The Morgan fingerprint density at radius 2 is 1.82 bits per heavy atom. The van der Waals surface area contributed by atoms with Gasteiger partial charge in [-0.05, 0) is 30.7 Å². The van der Waals surface area contributed by atoms with E-state index in [4.69, 9.17) is 23.2 Å². The maximum atomic E-state index is 5.95. The van der Waals surface area contributed by atoms with Crippen LogP contribution >= 0.6 is 23.2 Å². The number of rotatable bonds is 3. The maximum Gasteiger partial charge on any atom is 0.0612 e. The summed E-state index contributed by atoms with van der Waals surface area (Å²) >= 11 is 11.8. The zero-order valence-corrected chi connectivity index (χ0v) is 11.0. The Labute approximate surface area is 111 Å². The minimum absolute atomic E-state index is 0.570. The molecule has 0 fully saturated rings. The normalized spacial score (nSPS) is 10.3. The van der Waals surface area contributed by atoms with E-state index in [1.54, 1.807) is 6.07 Å². The van der Waals surface area contributed by atoms with Gasteiger partial charge >= 0.3 is 0 Å². The van der Waals surface area contributed by atoms with Gasteiger partial charge in [0.15, 0.2) is 0 Å². The van der Waals surface area contributed by atoms with Crippen LogP contribution in [0.4, 0.5) is 5.69 Å². The third-order valence-corrected chi connectivity index (χ3v) is 3.24. The van der Waals surface area contributed by atoms with Crippen LogP contribution in [0.2, 0.25) is 10.0 Å². The Morgan fingerprint density at radius 1 is 1.00 bits per heavy atom. The first-order valence-electron chi connectivity index (χ1n) is 5.39. The second-order valence-electron chi connectivity index (χ2n) is 3.97. The highest BCUT2D eigenvalue weighted by molar-refractivity contribution is 6.42. The van der Waals surface area contributed by atoms with Gasteiger partial charge in [-0.2, -0.15) is 0 Å². The van der Waals surface area contributed by atoms with E-state index in [1.807, 2.05) is 12.1 Å². The topological polar surface area (TPSA) is 12.0 Å². The van der Waals surface area contributed by atoms with Crippen LogP contribution in [0.15, 0.2) is 42.5 Å². The molecular formula is C14H13Cl2N. The Kier molecular flexibility index (Phi) is 3.93. The second kappa shape index (κ2) is 5.44. The first-order valence-corrected chi connectivity index (χ1v) is 6.15. The molecule has 2 aromatic rings. The van der Waals surface area contributed by atoms with Crippen LogP contribution in [0.25, 0.3) is 0 Å². The van der Waals surface area contributed by atoms with Crippen molar-refractivity contribution < 1.29 is 0 Å². The first-order chi connectivity index (χ1) is 8.15.